The molecule has 27 heavy (non-hydrogen) atoms. The van der Waals surface area contributed by atoms with Gasteiger partial charge in [0.25, 0.3) is 5.91 Å². The first-order valence-corrected chi connectivity index (χ1v) is 8.50. The third-order valence-electron chi connectivity index (χ3n) is 4.12. The molecule has 0 radical (unpaired) electrons. The average molecular weight is 410 g/mol. The van der Waals surface area contributed by atoms with Crippen molar-refractivity contribution in [1.82, 2.24) is 25.4 Å². The largest absolute Gasteiger partial charge is 0.351 e. The molecule has 2 N–H and O–H groups in total. The van der Waals surface area contributed by atoms with Crippen molar-refractivity contribution in [3.63, 3.8) is 0 Å². The number of aryl methyl sites for hydroxylation is 2. The number of rotatable bonds is 6. The Bertz CT molecular complexity index is 896. The first-order valence-electron chi connectivity index (χ1n) is 8.50. The van der Waals surface area contributed by atoms with E-state index >= 15 is 0 Å². The minimum atomic E-state index is -0.0985. The summed E-state index contributed by atoms with van der Waals surface area (Å²) in [5.41, 5.74) is 3.89. The monoisotopic (exact) mass is 409 g/mol. The first kappa shape index (κ1) is 22.9. The van der Waals surface area contributed by atoms with Crippen LogP contribution in [0.25, 0.3) is 22.3 Å². The molecule has 1 amide bonds. The molecular formula is C19H25Cl2N5O. The SMILES string of the molecule is CCNCCNC(=O)c1cc(-c2ccccc2)nc2c1c(C)nn2C.Cl.Cl. The molecule has 2 heterocycles. The Morgan fingerprint density at radius 2 is 1.85 bits per heavy atom. The van der Waals surface area contributed by atoms with Crippen molar-refractivity contribution in [2.24, 2.45) is 7.05 Å². The first-order chi connectivity index (χ1) is 12.1. The number of halogens is 2. The van der Waals surface area contributed by atoms with Gasteiger partial charge in [0, 0.05) is 25.7 Å². The second-order valence-electron chi connectivity index (χ2n) is 5.94. The Kier molecular flexibility index (Phi) is 8.69. The topological polar surface area (TPSA) is 71.8 Å². The number of pyridine rings is 1. The zero-order valence-corrected chi connectivity index (χ0v) is 17.3. The smallest absolute Gasteiger partial charge is 0.252 e. The van der Waals surface area contributed by atoms with Crippen LogP contribution in [0.1, 0.15) is 23.0 Å². The lowest BCUT2D eigenvalue weighted by atomic mass is 10.0. The van der Waals surface area contributed by atoms with Crippen LogP contribution in [-0.2, 0) is 7.05 Å². The fourth-order valence-corrected chi connectivity index (χ4v) is 2.92. The van der Waals surface area contributed by atoms with E-state index in [0.29, 0.717) is 12.1 Å². The molecule has 0 saturated carbocycles. The number of benzene rings is 1. The number of fused-ring (bicyclic) bond motifs is 1. The van der Waals surface area contributed by atoms with Gasteiger partial charge in [-0.15, -0.1) is 24.8 Å². The Hall–Kier alpha value is -2.15. The number of hydrogen-bond donors (Lipinski definition) is 2. The van der Waals surface area contributed by atoms with Crippen molar-refractivity contribution in [3.05, 3.63) is 47.7 Å². The predicted molar refractivity (Wildman–Crippen MR) is 114 cm³/mol. The van der Waals surface area contributed by atoms with Crippen molar-refractivity contribution in [2.75, 3.05) is 19.6 Å². The van der Waals surface area contributed by atoms with Crippen LogP contribution in [0.2, 0.25) is 0 Å². The molecular weight excluding hydrogens is 385 g/mol. The van der Waals surface area contributed by atoms with Crippen LogP contribution in [0.3, 0.4) is 0 Å². The lowest BCUT2D eigenvalue weighted by Crippen LogP contribution is -2.31. The summed E-state index contributed by atoms with van der Waals surface area (Å²) in [5.74, 6) is -0.0985. The van der Waals surface area contributed by atoms with Crippen LogP contribution in [0.5, 0.6) is 0 Å². The van der Waals surface area contributed by atoms with Gasteiger partial charge in [-0.25, -0.2) is 4.98 Å². The molecule has 0 saturated heterocycles. The Labute approximate surface area is 171 Å². The molecule has 6 nitrogen and oxygen atoms in total. The molecule has 3 aromatic rings. The Morgan fingerprint density at radius 3 is 2.52 bits per heavy atom. The molecule has 0 atom stereocenters. The lowest BCUT2D eigenvalue weighted by molar-refractivity contribution is 0.0955. The van der Waals surface area contributed by atoms with Gasteiger partial charge >= 0.3 is 0 Å². The maximum atomic E-state index is 12.8. The number of hydrogen-bond acceptors (Lipinski definition) is 4. The zero-order chi connectivity index (χ0) is 17.8. The van der Waals surface area contributed by atoms with Gasteiger partial charge in [-0.05, 0) is 19.5 Å². The fourth-order valence-electron chi connectivity index (χ4n) is 2.92. The van der Waals surface area contributed by atoms with Crippen LogP contribution in [0, 0.1) is 6.92 Å². The van der Waals surface area contributed by atoms with Gasteiger partial charge < -0.3 is 10.6 Å². The number of likely N-dealkylation sites (N-methyl/N-ethyl adjacent to an activating group) is 1. The standard InChI is InChI=1S/C19H23N5O.2ClH/c1-4-20-10-11-21-19(25)15-12-16(14-8-6-5-7-9-14)22-18-17(15)13(2)23-24(18)3;;/h5-9,12,20H,4,10-11H2,1-3H3,(H,21,25);2*1H. The molecule has 0 fully saturated rings. The minimum Gasteiger partial charge on any atom is -0.351 e. The zero-order valence-electron chi connectivity index (χ0n) is 15.7. The fraction of sp³-hybridized carbons (Fsp3) is 0.316. The van der Waals surface area contributed by atoms with E-state index in [4.69, 9.17) is 4.98 Å². The van der Waals surface area contributed by atoms with Crippen molar-refractivity contribution in [3.8, 4) is 11.3 Å². The van der Waals surface area contributed by atoms with E-state index in [1.165, 1.54) is 0 Å². The van der Waals surface area contributed by atoms with Crippen molar-refractivity contribution in [2.45, 2.75) is 13.8 Å². The van der Waals surface area contributed by atoms with Crippen LogP contribution in [0.4, 0.5) is 0 Å². The van der Waals surface area contributed by atoms with E-state index < -0.39 is 0 Å². The highest BCUT2D eigenvalue weighted by molar-refractivity contribution is 6.07. The number of nitrogens with zero attached hydrogens (tertiary/aromatic N) is 3. The number of nitrogens with one attached hydrogen (secondary N) is 2. The maximum Gasteiger partial charge on any atom is 0.252 e. The summed E-state index contributed by atoms with van der Waals surface area (Å²) in [4.78, 5) is 17.5. The van der Waals surface area contributed by atoms with Crippen molar-refractivity contribution < 1.29 is 4.79 Å². The predicted octanol–water partition coefficient (Wildman–Crippen LogP) is 3.13. The van der Waals surface area contributed by atoms with Crippen LogP contribution < -0.4 is 10.6 Å². The third kappa shape index (κ3) is 4.97. The van der Waals surface area contributed by atoms with Gasteiger partial charge in [-0.1, -0.05) is 37.3 Å². The average Bonchev–Trinajstić information content (AvgIpc) is 2.93. The maximum absolute atomic E-state index is 12.8. The van der Waals surface area contributed by atoms with Crippen molar-refractivity contribution in [1.29, 1.82) is 0 Å². The molecule has 2 aromatic heterocycles. The van der Waals surface area contributed by atoms with E-state index in [1.54, 1.807) is 4.68 Å². The quantitative estimate of drug-likeness (QED) is 0.613. The van der Waals surface area contributed by atoms with E-state index in [2.05, 4.69) is 15.7 Å². The van der Waals surface area contributed by atoms with E-state index in [0.717, 1.165) is 41.1 Å². The summed E-state index contributed by atoms with van der Waals surface area (Å²) >= 11 is 0. The molecule has 3 rings (SSSR count). The van der Waals surface area contributed by atoms with Gasteiger partial charge in [-0.2, -0.15) is 5.10 Å². The Morgan fingerprint density at radius 1 is 1.15 bits per heavy atom. The number of carbonyl (C=O) groups is 1. The molecule has 0 aliphatic rings. The van der Waals surface area contributed by atoms with Crippen molar-refractivity contribution >= 4 is 41.8 Å². The summed E-state index contributed by atoms with van der Waals surface area (Å²) in [6, 6.07) is 11.7. The molecule has 0 aliphatic heterocycles. The number of carbonyl (C=O) groups excluding carboxylic acids is 1. The molecule has 146 valence electrons. The Balaban J connectivity index is 0.00000182. The van der Waals surface area contributed by atoms with Gasteiger partial charge in [-0.3, -0.25) is 9.48 Å². The summed E-state index contributed by atoms with van der Waals surface area (Å²) in [5, 5.41) is 11.4. The second-order valence-corrected chi connectivity index (χ2v) is 5.94. The lowest BCUT2D eigenvalue weighted by Gasteiger charge is -2.09. The second kappa shape index (κ2) is 10.3. The van der Waals surface area contributed by atoms with Crippen LogP contribution in [0.15, 0.2) is 36.4 Å². The van der Waals surface area contributed by atoms with Gasteiger partial charge in [0.15, 0.2) is 5.65 Å². The molecule has 0 bridgehead atoms. The summed E-state index contributed by atoms with van der Waals surface area (Å²) in [7, 11) is 1.85. The van der Waals surface area contributed by atoms with Gasteiger partial charge in [0.1, 0.15) is 0 Å². The van der Waals surface area contributed by atoms with Crippen LogP contribution in [-0.4, -0.2) is 40.3 Å². The molecule has 1 aromatic carbocycles. The highest BCUT2D eigenvalue weighted by Gasteiger charge is 2.18. The summed E-state index contributed by atoms with van der Waals surface area (Å²) in [6.07, 6.45) is 0. The van der Waals surface area contributed by atoms with Gasteiger partial charge in [0.2, 0.25) is 0 Å². The highest BCUT2D eigenvalue weighted by atomic mass is 35.5. The molecule has 0 spiro atoms. The van der Waals surface area contributed by atoms with E-state index in [1.807, 2.05) is 57.3 Å². The van der Waals surface area contributed by atoms with Gasteiger partial charge in [0.05, 0.1) is 22.3 Å². The molecule has 8 heteroatoms. The summed E-state index contributed by atoms with van der Waals surface area (Å²) < 4.78 is 1.73. The van der Waals surface area contributed by atoms with E-state index in [-0.39, 0.29) is 30.7 Å². The number of amides is 1. The highest BCUT2D eigenvalue weighted by Crippen LogP contribution is 2.26. The molecule has 0 unspecified atom stereocenters. The van der Waals surface area contributed by atoms with Crippen LogP contribution >= 0.6 is 24.8 Å². The number of aromatic nitrogens is 3. The summed E-state index contributed by atoms with van der Waals surface area (Å²) in [6.45, 7) is 6.15. The normalized spacial score (nSPS) is 10.2. The van der Waals surface area contributed by atoms with E-state index in [9.17, 15) is 4.79 Å². The minimum absolute atomic E-state index is 0. The molecule has 0 aliphatic carbocycles. The third-order valence-corrected chi connectivity index (χ3v) is 4.12.